The Balaban J connectivity index is 1.24. The molecule has 2 aromatic heterocycles. The molecule has 5 rings (SSSR count). The first-order chi connectivity index (χ1) is 16.1. The maximum Gasteiger partial charge on any atom is 0.235 e. The minimum absolute atomic E-state index is 0.107. The first-order valence-electron chi connectivity index (χ1n) is 11.5. The average Bonchev–Trinajstić information content (AvgIpc) is 3.39. The molecule has 0 spiro atoms. The lowest BCUT2D eigenvalue weighted by atomic mass is 9.89. The second-order valence-electron chi connectivity index (χ2n) is 8.95. The number of amides is 1. The van der Waals surface area contributed by atoms with Gasteiger partial charge in [-0.15, -0.1) is 21.5 Å². The Morgan fingerprint density at radius 3 is 2.88 bits per heavy atom. The highest BCUT2D eigenvalue weighted by Crippen LogP contribution is 2.54. The van der Waals surface area contributed by atoms with E-state index in [9.17, 15) is 10.1 Å². The standard InChI is InChI=1S/C25H27N5OS2/c1-3-30-23(19-12-18(19)16-7-5-4-6-8-16)28-29-25(30)32-14-22(31)27-24-20(13-26)17-10-9-15(2)11-21(17)33-24/h4-8,15,18-19H,3,9-12,14H2,1-2H3,(H,27,31). The number of rotatable bonds is 7. The number of nitriles is 1. The van der Waals surface area contributed by atoms with Gasteiger partial charge in [-0.3, -0.25) is 4.79 Å². The van der Waals surface area contributed by atoms with Crippen molar-refractivity contribution in [2.75, 3.05) is 11.1 Å². The van der Waals surface area contributed by atoms with E-state index in [4.69, 9.17) is 0 Å². The number of fused-ring (bicyclic) bond motifs is 1. The summed E-state index contributed by atoms with van der Waals surface area (Å²) in [4.78, 5) is 14.0. The summed E-state index contributed by atoms with van der Waals surface area (Å²) in [6, 6.07) is 12.9. The van der Waals surface area contributed by atoms with Crippen LogP contribution in [0.3, 0.4) is 0 Å². The lowest BCUT2D eigenvalue weighted by Crippen LogP contribution is -2.15. The van der Waals surface area contributed by atoms with Crippen molar-refractivity contribution in [3.8, 4) is 6.07 Å². The number of nitrogens with zero attached hydrogens (tertiary/aromatic N) is 4. The largest absolute Gasteiger partial charge is 0.316 e. The molecule has 6 nitrogen and oxygen atoms in total. The smallest absolute Gasteiger partial charge is 0.235 e. The van der Waals surface area contributed by atoms with Gasteiger partial charge in [0.15, 0.2) is 5.16 Å². The van der Waals surface area contributed by atoms with E-state index >= 15 is 0 Å². The second-order valence-corrected chi connectivity index (χ2v) is 11.0. The van der Waals surface area contributed by atoms with Gasteiger partial charge in [0.05, 0.1) is 11.3 Å². The van der Waals surface area contributed by atoms with Crippen molar-refractivity contribution < 1.29 is 4.79 Å². The molecule has 1 aromatic carbocycles. The molecule has 3 atom stereocenters. The predicted octanol–water partition coefficient (Wildman–Crippen LogP) is 5.36. The van der Waals surface area contributed by atoms with Crippen LogP contribution in [0.25, 0.3) is 0 Å². The van der Waals surface area contributed by atoms with Gasteiger partial charge in [-0.05, 0) is 55.6 Å². The van der Waals surface area contributed by atoms with Gasteiger partial charge in [0.2, 0.25) is 5.91 Å². The molecule has 2 heterocycles. The summed E-state index contributed by atoms with van der Waals surface area (Å²) >= 11 is 2.98. The summed E-state index contributed by atoms with van der Waals surface area (Å²) in [6.07, 6.45) is 4.11. The number of carbonyl (C=O) groups is 1. The Morgan fingerprint density at radius 2 is 2.12 bits per heavy atom. The third-order valence-corrected chi connectivity index (χ3v) is 8.76. The highest BCUT2D eigenvalue weighted by molar-refractivity contribution is 7.99. The van der Waals surface area contributed by atoms with Gasteiger partial charge in [0, 0.05) is 17.3 Å². The Hall–Kier alpha value is -2.63. The number of carbonyl (C=O) groups excluding carboxylic acids is 1. The van der Waals surface area contributed by atoms with Crippen molar-refractivity contribution in [3.05, 3.63) is 57.7 Å². The highest BCUT2D eigenvalue weighted by Gasteiger charge is 2.43. The van der Waals surface area contributed by atoms with Crippen molar-refractivity contribution >= 4 is 34.0 Å². The number of anilines is 1. The van der Waals surface area contributed by atoms with E-state index in [1.807, 2.05) is 6.07 Å². The van der Waals surface area contributed by atoms with Gasteiger partial charge < -0.3 is 9.88 Å². The maximum atomic E-state index is 12.7. The number of hydrogen-bond donors (Lipinski definition) is 1. The summed E-state index contributed by atoms with van der Waals surface area (Å²) < 4.78 is 2.14. The van der Waals surface area contributed by atoms with Crippen LogP contribution < -0.4 is 5.32 Å². The van der Waals surface area contributed by atoms with Gasteiger partial charge >= 0.3 is 0 Å². The van der Waals surface area contributed by atoms with Crippen LogP contribution in [0.5, 0.6) is 0 Å². The van der Waals surface area contributed by atoms with E-state index in [0.29, 0.717) is 28.3 Å². The van der Waals surface area contributed by atoms with Crippen molar-refractivity contribution in [2.45, 2.75) is 63.1 Å². The van der Waals surface area contributed by atoms with Crippen LogP contribution in [0.2, 0.25) is 0 Å². The third-order valence-electron chi connectivity index (χ3n) is 6.62. The summed E-state index contributed by atoms with van der Waals surface area (Å²) in [5, 5.41) is 23.0. The molecule has 8 heteroatoms. The molecule has 1 saturated carbocycles. The molecule has 2 aliphatic carbocycles. The molecule has 3 unspecified atom stereocenters. The first-order valence-corrected chi connectivity index (χ1v) is 13.3. The maximum absolute atomic E-state index is 12.7. The molecule has 1 fully saturated rings. The van der Waals surface area contributed by atoms with E-state index in [-0.39, 0.29) is 11.7 Å². The summed E-state index contributed by atoms with van der Waals surface area (Å²) in [5.41, 5.74) is 3.14. The van der Waals surface area contributed by atoms with Crippen molar-refractivity contribution in [1.29, 1.82) is 5.26 Å². The Labute approximate surface area is 202 Å². The first kappa shape index (κ1) is 22.2. The minimum atomic E-state index is -0.107. The molecule has 1 N–H and O–H groups in total. The van der Waals surface area contributed by atoms with Crippen LogP contribution in [0, 0.1) is 17.2 Å². The van der Waals surface area contributed by atoms with E-state index in [0.717, 1.165) is 48.8 Å². The van der Waals surface area contributed by atoms with Crippen LogP contribution in [-0.4, -0.2) is 26.4 Å². The van der Waals surface area contributed by atoms with Crippen LogP contribution in [0.15, 0.2) is 35.5 Å². The fourth-order valence-corrected chi connectivity index (χ4v) is 6.96. The van der Waals surface area contributed by atoms with Gasteiger partial charge in [0.1, 0.15) is 16.9 Å². The predicted molar refractivity (Wildman–Crippen MR) is 132 cm³/mol. The third kappa shape index (κ3) is 4.44. The van der Waals surface area contributed by atoms with Gasteiger partial charge in [0.25, 0.3) is 0 Å². The SMILES string of the molecule is CCn1c(SCC(=O)Nc2sc3c(c2C#N)CCC(C)C3)nnc1C1CC1c1ccccc1. The van der Waals surface area contributed by atoms with E-state index < -0.39 is 0 Å². The minimum Gasteiger partial charge on any atom is -0.316 e. The number of aromatic nitrogens is 3. The van der Waals surface area contributed by atoms with Crippen molar-refractivity contribution in [3.63, 3.8) is 0 Å². The fraction of sp³-hybridized carbons (Fsp3) is 0.440. The molecule has 33 heavy (non-hydrogen) atoms. The zero-order chi connectivity index (χ0) is 22.9. The summed E-state index contributed by atoms with van der Waals surface area (Å²) in [6.45, 7) is 5.11. The zero-order valence-corrected chi connectivity index (χ0v) is 20.5. The molecule has 0 radical (unpaired) electrons. The number of thiophene rings is 1. The lowest BCUT2D eigenvalue weighted by Gasteiger charge is -2.17. The van der Waals surface area contributed by atoms with Gasteiger partial charge in [-0.25, -0.2) is 0 Å². The molecule has 3 aromatic rings. The molecule has 0 bridgehead atoms. The highest BCUT2D eigenvalue weighted by atomic mass is 32.2. The lowest BCUT2D eigenvalue weighted by molar-refractivity contribution is -0.113. The number of benzene rings is 1. The van der Waals surface area contributed by atoms with Crippen LogP contribution in [-0.2, 0) is 24.2 Å². The summed E-state index contributed by atoms with van der Waals surface area (Å²) in [5.74, 6) is 2.67. The molecule has 1 amide bonds. The normalized spacial score (nSPS) is 21.3. The van der Waals surface area contributed by atoms with Crippen LogP contribution >= 0.6 is 23.1 Å². The number of thioether (sulfide) groups is 1. The molecule has 170 valence electrons. The van der Waals surface area contributed by atoms with E-state index in [2.05, 4.69) is 64.3 Å². The topological polar surface area (TPSA) is 83.6 Å². The zero-order valence-electron chi connectivity index (χ0n) is 18.9. The van der Waals surface area contributed by atoms with Crippen molar-refractivity contribution in [2.24, 2.45) is 5.92 Å². The van der Waals surface area contributed by atoms with Gasteiger partial charge in [-0.2, -0.15) is 5.26 Å². The van der Waals surface area contributed by atoms with Gasteiger partial charge in [-0.1, -0.05) is 49.0 Å². The number of hydrogen-bond acceptors (Lipinski definition) is 6. The van der Waals surface area contributed by atoms with Crippen LogP contribution in [0.1, 0.15) is 65.9 Å². The molecular formula is C25H27N5OS2. The second kappa shape index (κ2) is 9.32. The summed E-state index contributed by atoms with van der Waals surface area (Å²) in [7, 11) is 0. The Bertz CT molecular complexity index is 1210. The van der Waals surface area contributed by atoms with E-state index in [1.165, 1.54) is 22.2 Å². The Morgan fingerprint density at radius 1 is 1.30 bits per heavy atom. The number of nitrogens with one attached hydrogen (secondary N) is 1. The molecule has 2 aliphatic rings. The Kier molecular flexibility index (Phi) is 6.26. The average molecular weight is 478 g/mol. The molecule has 0 saturated heterocycles. The fourth-order valence-electron chi connectivity index (χ4n) is 4.78. The van der Waals surface area contributed by atoms with Crippen molar-refractivity contribution in [1.82, 2.24) is 14.8 Å². The monoisotopic (exact) mass is 477 g/mol. The van der Waals surface area contributed by atoms with E-state index in [1.54, 1.807) is 11.3 Å². The quantitative estimate of drug-likeness (QED) is 0.463. The van der Waals surface area contributed by atoms with Crippen LogP contribution in [0.4, 0.5) is 5.00 Å². The molecular weight excluding hydrogens is 450 g/mol. The molecule has 0 aliphatic heterocycles.